The number of halogens is 4. The number of benzene rings is 1. The first-order valence-electron chi connectivity index (χ1n) is 5.18. The number of nitrogens with one attached hydrogen (secondary N) is 1. The van der Waals surface area contributed by atoms with E-state index in [-0.39, 0.29) is 11.6 Å². The van der Waals surface area contributed by atoms with Crippen LogP contribution in [0.4, 0.5) is 29.1 Å². The summed E-state index contributed by atoms with van der Waals surface area (Å²) in [5.41, 5.74) is 0.305. The molecule has 0 atom stereocenters. The number of alkyl halides is 3. The van der Waals surface area contributed by atoms with Crippen LogP contribution in [0, 0.1) is 5.95 Å². The van der Waals surface area contributed by atoms with Crippen molar-refractivity contribution in [3.63, 3.8) is 0 Å². The van der Waals surface area contributed by atoms with Crippen molar-refractivity contribution in [3.05, 3.63) is 48.4 Å². The number of anilines is 2. The van der Waals surface area contributed by atoms with Gasteiger partial charge in [0.1, 0.15) is 11.6 Å². The number of aromatic nitrogens is 1. The van der Waals surface area contributed by atoms with Crippen molar-refractivity contribution in [1.82, 2.24) is 4.98 Å². The summed E-state index contributed by atoms with van der Waals surface area (Å²) in [6.45, 7) is 0. The molecule has 0 radical (unpaired) electrons. The second kappa shape index (κ2) is 5.13. The molecule has 3 nitrogen and oxygen atoms in total. The Balaban J connectivity index is 2.15. The zero-order chi connectivity index (χ0) is 13.9. The molecule has 1 heterocycles. The highest BCUT2D eigenvalue weighted by molar-refractivity contribution is 5.57. The average molecular weight is 272 g/mol. The number of hydrogen-bond acceptors (Lipinski definition) is 3. The fourth-order valence-corrected chi connectivity index (χ4v) is 1.40. The Labute approximate surface area is 105 Å². The maximum Gasteiger partial charge on any atom is 0.573 e. The molecular weight excluding hydrogens is 264 g/mol. The van der Waals surface area contributed by atoms with Crippen molar-refractivity contribution in [1.29, 1.82) is 0 Å². The molecule has 0 spiro atoms. The molecule has 0 bridgehead atoms. The van der Waals surface area contributed by atoms with Gasteiger partial charge in [0.05, 0.1) is 0 Å². The molecule has 1 N–H and O–H groups in total. The number of hydrogen-bond donors (Lipinski definition) is 1. The Morgan fingerprint density at radius 1 is 1.05 bits per heavy atom. The monoisotopic (exact) mass is 272 g/mol. The van der Waals surface area contributed by atoms with Crippen LogP contribution < -0.4 is 10.1 Å². The number of nitrogens with zero attached hydrogens (tertiary/aromatic N) is 1. The molecule has 0 aliphatic carbocycles. The van der Waals surface area contributed by atoms with E-state index in [0.29, 0.717) is 5.69 Å². The first-order valence-corrected chi connectivity index (χ1v) is 5.18. The molecule has 100 valence electrons. The zero-order valence-corrected chi connectivity index (χ0v) is 9.41. The van der Waals surface area contributed by atoms with Crippen LogP contribution in [0.1, 0.15) is 0 Å². The maximum absolute atomic E-state index is 12.8. The Bertz CT molecular complexity index is 572. The summed E-state index contributed by atoms with van der Waals surface area (Å²) in [5.74, 6) is -0.870. The normalized spacial score (nSPS) is 11.2. The largest absolute Gasteiger partial charge is 0.573 e. The standard InChI is InChI=1S/C12H8F4N2O/c13-10-5-2-6-11(18-10)17-8-3-1-4-9(7-8)19-12(14,15)16/h1-7H,(H,17,18). The fraction of sp³-hybridized carbons (Fsp3) is 0.0833. The molecule has 0 aliphatic rings. The molecule has 0 aliphatic heterocycles. The summed E-state index contributed by atoms with van der Waals surface area (Å²) in [7, 11) is 0. The summed E-state index contributed by atoms with van der Waals surface area (Å²) < 4.78 is 52.8. The predicted molar refractivity (Wildman–Crippen MR) is 60.6 cm³/mol. The molecule has 19 heavy (non-hydrogen) atoms. The third-order valence-corrected chi connectivity index (χ3v) is 2.06. The van der Waals surface area contributed by atoms with Gasteiger partial charge in [0.2, 0.25) is 5.95 Å². The Kier molecular flexibility index (Phi) is 3.55. The van der Waals surface area contributed by atoms with E-state index in [1.807, 2.05) is 0 Å². The Morgan fingerprint density at radius 3 is 2.47 bits per heavy atom. The lowest BCUT2D eigenvalue weighted by Crippen LogP contribution is -2.17. The molecule has 0 saturated heterocycles. The Hall–Kier alpha value is -2.31. The van der Waals surface area contributed by atoms with E-state index in [1.54, 1.807) is 0 Å². The van der Waals surface area contributed by atoms with E-state index < -0.39 is 12.3 Å². The van der Waals surface area contributed by atoms with Crippen molar-refractivity contribution in [2.75, 3.05) is 5.32 Å². The highest BCUT2D eigenvalue weighted by Gasteiger charge is 2.31. The van der Waals surface area contributed by atoms with Gasteiger partial charge in [0, 0.05) is 11.8 Å². The molecule has 0 fully saturated rings. The SMILES string of the molecule is Fc1cccc(Nc2cccc(OC(F)(F)F)c2)n1. The van der Waals surface area contributed by atoms with Crippen LogP contribution in [0.5, 0.6) is 5.75 Å². The summed E-state index contributed by atoms with van der Waals surface area (Å²) in [6.07, 6.45) is -4.75. The highest BCUT2D eigenvalue weighted by Crippen LogP contribution is 2.26. The highest BCUT2D eigenvalue weighted by atomic mass is 19.4. The molecule has 0 amide bonds. The lowest BCUT2D eigenvalue weighted by atomic mass is 10.3. The van der Waals surface area contributed by atoms with Gasteiger partial charge in [0.15, 0.2) is 0 Å². The van der Waals surface area contributed by atoms with Crippen LogP contribution in [0.3, 0.4) is 0 Å². The number of ether oxygens (including phenoxy) is 1. The minimum absolute atomic E-state index is 0.184. The van der Waals surface area contributed by atoms with Gasteiger partial charge in [-0.25, -0.2) is 4.98 Å². The number of pyridine rings is 1. The molecule has 7 heteroatoms. The topological polar surface area (TPSA) is 34.1 Å². The lowest BCUT2D eigenvalue weighted by Gasteiger charge is -2.10. The smallest absolute Gasteiger partial charge is 0.406 e. The van der Waals surface area contributed by atoms with E-state index in [2.05, 4.69) is 15.0 Å². The fourth-order valence-electron chi connectivity index (χ4n) is 1.40. The van der Waals surface area contributed by atoms with Gasteiger partial charge in [-0.1, -0.05) is 12.1 Å². The van der Waals surface area contributed by atoms with Crippen molar-refractivity contribution in [2.24, 2.45) is 0 Å². The second-order valence-electron chi connectivity index (χ2n) is 3.55. The summed E-state index contributed by atoms with van der Waals surface area (Å²) >= 11 is 0. The van der Waals surface area contributed by atoms with Crippen molar-refractivity contribution >= 4 is 11.5 Å². The van der Waals surface area contributed by atoms with Gasteiger partial charge in [-0.3, -0.25) is 0 Å². The minimum atomic E-state index is -4.75. The molecule has 1 aromatic carbocycles. The van der Waals surface area contributed by atoms with E-state index in [4.69, 9.17) is 0 Å². The van der Waals surface area contributed by atoms with Gasteiger partial charge < -0.3 is 10.1 Å². The van der Waals surface area contributed by atoms with Crippen molar-refractivity contribution < 1.29 is 22.3 Å². The van der Waals surface area contributed by atoms with Crippen molar-refractivity contribution in [2.45, 2.75) is 6.36 Å². The predicted octanol–water partition coefficient (Wildman–Crippen LogP) is 3.86. The average Bonchev–Trinajstić information content (AvgIpc) is 2.27. The van der Waals surface area contributed by atoms with Gasteiger partial charge in [-0.05, 0) is 24.3 Å². The summed E-state index contributed by atoms with van der Waals surface area (Å²) in [5, 5.41) is 2.67. The zero-order valence-electron chi connectivity index (χ0n) is 9.41. The van der Waals surface area contributed by atoms with Crippen LogP contribution in [0.25, 0.3) is 0 Å². The Morgan fingerprint density at radius 2 is 1.79 bits per heavy atom. The van der Waals surface area contributed by atoms with Gasteiger partial charge in [-0.2, -0.15) is 4.39 Å². The quantitative estimate of drug-likeness (QED) is 0.680. The molecule has 1 aromatic heterocycles. The molecular formula is C12H8F4N2O. The van der Waals surface area contributed by atoms with Crippen LogP contribution in [-0.4, -0.2) is 11.3 Å². The van der Waals surface area contributed by atoms with E-state index in [0.717, 1.165) is 18.2 Å². The second-order valence-corrected chi connectivity index (χ2v) is 3.55. The van der Waals surface area contributed by atoms with Crippen LogP contribution >= 0.6 is 0 Å². The third kappa shape index (κ3) is 4.13. The first-order chi connectivity index (χ1) is 8.92. The lowest BCUT2D eigenvalue weighted by molar-refractivity contribution is -0.274. The van der Waals surface area contributed by atoms with Gasteiger partial charge in [-0.15, -0.1) is 13.2 Å². The third-order valence-electron chi connectivity index (χ3n) is 2.06. The molecule has 2 rings (SSSR count). The van der Waals surface area contributed by atoms with Crippen molar-refractivity contribution in [3.8, 4) is 5.75 Å². The summed E-state index contributed by atoms with van der Waals surface area (Å²) in [6, 6.07) is 9.27. The molecule has 2 aromatic rings. The van der Waals surface area contributed by atoms with Gasteiger partial charge in [0.25, 0.3) is 0 Å². The molecule has 0 unspecified atom stereocenters. The van der Waals surface area contributed by atoms with Crippen LogP contribution in [0.15, 0.2) is 42.5 Å². The summed E-state index contributed by atoms with van der Waals surface area (Å²) in [4.78, 5) is 3.53. The van der Waals surface area contributed by atoms with Crippen LogP contribution in [-0.2, 0) is 0 Å². The first kappa shape index (κ1) is 13.1. The van der Waals surface area contributed by atoms with E-state index >= 15 is 0 Å². The van der Waals surface area contributed by atoms with Crippen LogP contribution in [0.2, 0.25) is 0 Å². The minimum Gasteiger partial charge on any atom is -0.406 e. The molecule has 0 saturated carbocycles. The van der Waals surface area contributed by atoms with E-state index in [1.165, 1.54) is 24.3 Å². The van der Waals surface area contributed by atoms with E-state index in [9.17, 15) is 17.6 Å². The maximum atomic E-state index is 12.8. The van der Waals surface area contributed by atoms with Gasteiger partial charge >= 0.3 is 6.36 Å². The number of rotatable bonds is 3.